The van der Waals surface area contributed by atoms with Gasteiger partial charge in [-0.05, 0) is 18.1 Å². The number of nitrogens with zero attached hydrogens (tertiary/aromatic N) is 3. The Morgan fingerprint density at radius 2 is 2.17 bits per heavy atom. The largest absolute Gasteiger partial charge is 0.375 e. The number of aromatic nitrogens is 2. The Kier molecular flexibility index (Phi) is 6.56. The monoisotopic (exact) mass is 398 g/mol. The van der Waals surface area contributed by atoms with Crippen molar-refractivity contribution in [1.29, 1.82) is 0 Å². The zero-order chi connectivity index (χ0) is 20.1. The third-order valence-electron chi connectivity index (χ3n) is 5.63. The van der Waals surface area contributed by atoms with E-state index in [0.29, 0.717) is 18.5 Å². The summed E-state index contributed by atoms with van der Waals surface area (Å²) >= 11 is 0. The van der Waals surface area contributed by atoms with Gasteiger partial charge in [-0.15, -0.1) is 0 Å². The number of amides is 1. The second kappa shape index (κ2) is 9.49. The molecule has 1 aromatic carbocycles. The van der Waals surface area contributed by atoms with E-state index in [1.165, 1.54) is 18.4 Å². The van der Waals surface area contributed by atoms with E-state index in [-0.39, 0.29) is 12.5 Å². The van der Waals surface area contributed by atoms with Crippen molar-refractivity contribution in [2.45, 2.75) is 32.1 Å². The zero-order valence-corrected chi connectivity index (χ0v) is 16.9. The zero-order valence-electron chi connectivity index (χ0n) is 16.9. The molecular weight excluding hydrogens is 368 g/mol. The van der Waals surface area contributed by atoms with Crippen LogP contribution in [0.15, 0.2) is 36.4 Å². The SMILES string of the molecule is COCC(=O)NCc1cc2n(n1)CCCN(CC1CNNC1c1ccccc1)C2. The summed E-state index contributed by atoms with van der Waals surface area (Å²) in [5.74, 6) is 0.394. The van der Waals surface area contributed by atoms with Crippen LogP contribution in [-0.2, 0) is 29.2 Å². The van der Waals surface area contributed by atoms with Crippen molar-refractivity contribution in [1.82, 2.24) is 30.8 Å². The maximum absolute atomic E-state index is 11.6. The molecule has 2 aliphatic heterocycles. The molecule has 2 atom stereocenters. The van der Waals surface area contributed by atoms with Crippen molar-refractivity contribution < 1.29 is 9.53 Å². The Balaban J connectivity index is 1.38. The van der Waals surface area contributed by atoms with Gasteiger partial charge >= 0.3 is 0 Å². The molecule has 0 spiro atoms. The van der Waals surface area contributed by atoms with E-state index < -0.39 is 0 Å². The van der Waals surface area contributed by atoms with Gasteiger partial charge in [0.1, 0.15) is 6.61 Å². The van der Waals surface area contributed by atoms with E-state index in [1.807, 2.05) is 0 Å². The lowest BCUT2D eigenvalue weighted by molar-refractivity contribution is -0.124. The van der Waals surface area contributed by atoms with E-state index >= 15 is 0 Å². The highest BCUT2D eigenvalue weighted by atomic mass is 16.5. The van der Waals surface area contributed by atoms with Crippen LogP contribution in [0.25, 0.3) is 0 Å². The highest BCUT2D eigenvalue weighted by molar-refractivity contribution is 5.77. The molecule has 0 aliphatic carbocycles. The van der Waals surface area contributed by atoms with Gasteiger partial charge in [-0.3, -0.25) is 19.8 Å². The predicted molar refractivity (Wildman–Crippen MR) is 110 cm³/mol. The minimum Gasteiger partial charge on any atom is -0.375 e. The van der Waals surface area contributed by atoms with Crippen LogP contribution in [0, 0.1) is 5.92 Å². The van der Waals surface area contributed by atoms with Gasteiger partial charge in [0.15, 0.2) is 0 Å². The molecule has 156 valence electrons. The first-order valence-corrected chi connectivity index (χ1v) is 10.3. The summed E-state index contributed by atoms with van der Waals surface area (Å²) in [6.07, 6.45) is 1.08. The summed E-state index contributed by atoms with van der Waals surface area (Å²) in [5, 5.41) is 7.53. The second-order valence-corrected chi connectivity index (χ2v) is 7.82. The molecule has 2 aromatic rings. The maximum Gasteiger partial charge on any atom is 0.246 e. The van der Waals surface area contributed by atoms with Crippen LogP contribution in [-0.4, -0.2) is 53.9 Å². The minimum absolute atomic E-state index is 0.0768. The summed E-state index contributed by atoms with van der Waals surface area (Å²) in [4.78, 5) is 14.1. The van der Waals surface area contributed by atoms with Gasteiger partial charge < -0.3 is 10.1 Å². The number of hydrogen-bond acceptors (Lipinski definition) is 6. The summed E-state index contributed by atoms with van der Waals surface area (Å²) in [7, 11) is 1.52. The van der Waals surface area contributed by atoms with Crippen LogP contribution in [0.3, 0.4) is 0 Å². The van der Waals surface area contributed by atoms with E-state index in [1.54, 1.807) is 0 Å². The van der Waals surface area contributed by atoms with Crippen molar-refractivity contribution in [3.63, 3.8) is 0 Å². The number of fused-ring (bicyclic) bond motifs is 1. The smallest absolute Gasteiger partial charge is 0.246 e. The molecule has 3 N–H and O–H groups in total. The van der Waals surface area contributed by atoms with Crippen LogP contribution >= 0.6 is 0 Å². The molecule has 0 radical (unpaired) electrons. The number of hydrazine groups is 1. The van der Waals surface area contributed by atoms with Crippen LogP contribution in [0.2, 0.25) is 0 Å². The lowest BCUT2D eigenvalue weighted by Crippen LogP contribution is -2.33. The van der Waals surface area contributed by atoms with Gasteiger partial charge in [0.2, 0.25) is 5.91 Å². The maximum atomic E-state index is 11.6. The van der Waals surface area contributed by atoms with Crippen LogP contribution < -0.4 is 16.2 Å². The standard InChI is InChI=1S/C21H30N6O2/c1-29-15-20(28)22-12-18-10-19-14-26(8-5-9-27(19)25-18)13-17-11-23-24-21(17)16-6-3-2-4-7-16/h2-4,6-7,10,17,21,23-24H,5,8-9,11-15H2,1H3,(H,22,28). The minimum atomic E-state index is -0.120. The van der Waals surface area contributed by atoms with Crippen molar-refractivity contribution in [3.05, 3.63) is 53.3 Å². The van der Waals surface area contributed by atoms with Gasteiger partial charge in [0.25, 0.3) is 0 Å². The number of carbonyl (C=O) groups is 1. The topological polar surface area (TPSA) is 83.5 Å². The van der Waals surface area contributed by atoms with Gasteiger partial charge in [-0.1, -0.05) is 30.3 Å². The predicted octanol–water partition coefficient (Wildman–Crippen LogP) is 0.817. The number of methoxy groups -OCH3 is 1. The molecule has 1 fully saturated rings. The third kappa shape index (κ3) is 5.02. The Morgan fingerprint density at radius 1 is 1.31 bits per heavy atom. The van der Waals surface area contributed by atoms with E-state index in [9.17, 15) is 4.79 Å². The molecule has 29 heavy (non-hydrogen) atoms. The number of ether oxygens (including phenoxy) is 1. The third-order valence-corrected chi connectivity index (χ3v) is 5.63. The Bertz CT molecular complexity index is 809. The molecule has 2 aliphatic rings. The van der Waals surface area contributed by atoms with Crippen molar-refractivity contribution in [2.24, 2.45) is 5.92 Å². The van der Waals surface area contributed by atoms with Crippen molar-refractivity contribution in [3.8, 4) is 0 Å². The van der Waals surface area contributed by atoms with Crippen LogP contribution in [0.1, 0.15) is 29.4 Å². The first-order valence-electron chi connectivity index (χ1n) is 10.3. The van der Waals surface area contributed by atoms with Crippen LogP contribution in [0.4, 0.5) is 0 Å². The fourth-order valence-electron chi connectivity index (χ4n) is 4.25. The fraction of sp³-hybridized carbons (Fsp3) is 0.524. The number of carbonyl (C=O) groups excluding carboxylic acids is 1. The number of rotatable bonds is 7. The summed E-state index contributed by atoms with van der Waals surface area (Å²) < 4.78 is 6.95. The molecule has 1 amide bonds. The average molecular weight is 399 g/mol. The summed E-state index contributed by atoms with van der Waals surface area (Å²) in [6, 6.07) is 13.1. The number of benzene rings is 1. The normalized spacial score (nSPS) is 22.2. The molecule has 2 unspecified atom stereocenters. The van der Waals surface area contributed by atoms with Crippen molar-refractivity contribution in [2.75, 3.05) is 33.4 Å². The summed E-state index contributed by atoms with van der Waals surface area (Å²) in [6.45, 7) is 5.39. The molecule has 0 bridgehead atoms. The summed E-state index contributed by atoms with van der Waals surface area (Å²) in [5.41, 5.74) is 10.2. The molecule has 1 aromatic heterocycles. The number of nitrogens with one attached hydrogen (secondary N) is 3. The van der Waals surface area contributed by atoms with Gasteiger partial charge in [0, 0.05) is 45.8 Å². The molecule has 8 nitrogen and oxygen atoms in total. The van der Waals surface area contributed by atoms with Crippen molar-refractivity contribution >= 4 is 5.91 Å². The Labute approximate surface area is 171 Å². The van der Waals surface area contributed by atoms with Gasteiger partial charge in [0.05, 0.1) is 24.0 Å². The number of hydrogen-bond donors (Lipinski definition) is 3. The quantitative estimate of drug-likeness (QED) is 0.641. The van der Waals surface area contributed by atoms with E-state index in [0.717, 1.165) is 44.8 Å². The molecule has 4 rings (SSSR count). The van der Waals surface area contributed by atoms with Gasteiger partial charge in [-0.25, -0.2) is 5.43 Å². The van der Waals surface area contributed by atoms with E-state index in [2.05, 4.69) is 67.2 Å². The molecule has 0 saturated carbocycles. The Morgan fingerprint density at radius 3 is 3.00 bits per heavy atom. The highest BCUT2D eigenvalue weighted by Gasteiger charge is 2.30. The molecule has 8 heteroatoms. The van der Waals surface area contributed by atoms with E-state index in [4.69, 9.17) is 4.74 Å². The van der Waals surface area contributed by atoms with Crippen LogP contribution in [0.5, 0.6) is 0 Å². The molecule has 3 heterocycles. The second-order valence-electron chi connectivity index (χ2n) is 7.82. The lowest BCUT2D eigenvalue weighted by atomic mass is 9.94. The molecule has 1 saturated heterocycles. The van der Waals surface area contributed by atoms with Gasteiger partial charge in [-0.2, -0.15) is 5.10 Å². The average Bonchev–Trinajstić information content (AvgIpc) is 3.30. The fourth-order valence-corrected chi connectivity index (χ4v) is 4.25. The lowest BCUT2D eigenvalue weighted by Gasteiger charge is -2.26. The molecular formula is C21H30N6O2. The number of aryl methyl sites for hydroxylation is 1. The first kappa shape index (κ1) is 20.0. The highest BCUT2D eigenvalue weighted by Crippen LogP contribution is 2.26. The Hall–Kier alpha value is -2.26. The first-order chi connectivity index (χ1) is 14.2.